The van der Waals surface area contributed by atoms with E-state index >= 15 is 0 Å². The van der Waals surface area contributed by atoms with Crippen LogP contribution in [0.25, 0.3) is 0 Å². The minimum absolute atomic E-state index is 0.0720. The van der Waals surface area contributed by atoms with Crippen molar-refractivity contribution in [3.8, 4) is 0 Å². The van der Waals surface area contributed by atoms with Gasteiger partial charge in [-0.3, -0.25) is 4.79 Å². The van der Waals surface area contributed by atoms with E-state index in [4.69, 9.17) is 4.74 Å². The summed E-state index contributed by atoms with van der Waals surface area (Å²) in [4.78, 5) is 27.0. The molecule has 5 heteroatoms. The van der Waals surface area contributed by atoms with Crippen LogP contribution in [0, 0.1) is 13.8 Å². The van der Waals surface area contributed by atoms with Crippen LogP contribution in [0.2, 0.25) is 0 Å². The Morgan fingerprint density at radius 1 is 1.12 bits per heavy atom. The number of esters is 1. The van der Waals surface area contributed by atoms with Crippen LogP contribution in [0.1, 0.15) is 21.5 Å². The van der Waals surface area contributed by atoms with E-state index in [0.717, 1.165) is 10.5 Å². The van der Waals surface area contributed by atoms with Crippen molar-refractivity contribution in [2.75, 3.05) is 24.8 Å². The Bertz CT molecular complexity index is 758. The van der Waals surface area contributed by atoms with Gasteiger partial charge in [0.1, 0.15) is 0 Å². The maximum absolute atomic E-state index is 12.5. The van der Waals surface area contributed by atoms with Gasteiger partial charge < -0.3 is 9.64 Å². The van der Waals surface area contributed by atoms with Gasteiger partial charge in [-0.1, -0.05) is 29.8 Å². The molecule has 2 aromatic rings. The van der Waals surface area contributed by atoms with Gasteiger partial charge in [0.05, 0.1) is 24.1 Å². The van der Waals surface area contributed by atoms with Crippen molar-refractivity contribution in [1.29, 1.82) is 0 Å². The van der Waals surface area contributed by atoms with E-state index in [1.165, 1.54) is 29.3 Å². The Kier molecular flexibility index (Phi) is 6.04. The van der Waals surface area contributed by atoms with Crippen LogP contribution >= 0.6 is 11.8 Å². The van der Waals surface area contributed by atoms with Gasteiger partial charge in [0.15, 0.2) is 0 Å². The first kappa shape index (κ1) is 18.1. The standard InChI is InChI=1S/C19H21NO3S/c1-13-9-10-14(2)17(11-13)24-12-18(21)20(3)16-8-6-5-7-15(16)19(22)23-4/h5-11H,12H2,1-4H3. The Morgan fingerprint density at radius 3 is 2.54 bits per heavy atom. The summed E-state index contributed by atoms with van der Waals surface area (Å²) in [6.07, 6.45) is 0. The first-order valence-electron chi connectivity index (χ1n) is 7.58. The number of nitrogens with zero attached hydrogens (tertiary/aromatic N) is 1. The Hall–Kier alpha value is -2.27. The van der Waals surface area contributed by atoms with Crippen LogP contribution in [0.4, 0.5) is 5.69 Å². The number of anilines is 1. The van der Waals surface area contributed by atoms with Gasteiger partial charge in [0.2, 0.25) is 5.91 Å². The summed E-state index contributed by atoms with van der Waals surface area (Å²) in [6.45, 7) is 4.06. The third-order valence-electron chi connectivity index (χ3n) is 3.74. The summed E-state index contributed by atoms with van der Waals surface area (Å²) in [5, 5.41) is 0. The lowest BCUT2D eigenvalue weighted by molar-refractivity contribution is -0.115. The van der Waals surface area contributed by atoms with E-state index in [2.05, 4.69) is 18.2 Å². The molecular weight excluding hydrogens is 322 g/mol. The molecule has 0 aliphatic heterocycles. The zero-order valence-electron chi connectivity index (χ0n) is 14.3. The molecule has 0 fully saturated rings. The zero-order valence-corrected chi connectivity index (χ0v) is 15.1. The number of hydrogen-bond acceptors (Lipinski definition) is 4. The fourth-order valence-corrected chi connectivity index (χ4v) is 3.32. The van der Waals surface area contributed by atoms with Crippen LogP contribution in [-0.4, -0.2) is 31.8 Å². The Balaban J connectivity index is 2.13. The number of thioether (sulfide) groups is 1. The van der Waals surface area contributed by atoms with Gasteiger partial charge >= 0.3 is 5.97 Å². The summed E-state index contributed by atoms with van der Waals surface area (Å²) in [6, 6.07) is 13.1. The highest BCUT2D eigenvalue weighted by atomic mass is 32.2. The molecule has 2 aromatic carbocycles. The molecule has 0 aromatic heterocycles. The minimum atomic E-state index is -0.451. The van der Waals surface area contributed by atoms with E-state index in [-0.39, 0.29) is 5.91 Å². The van der Waals surface area contributed by atoms with Gasteiger partial charge in [-0.05, 0) is 37.6 Å². The number of hydrogen-bond donors (Lipinski definition) is 0. The number of rotatable bonds is 5. The number of para-hydroxylation sites is 1. The molecule has 0 N–H and O–H groups in total. The van der Waals surface area contributed by atoms with Crippen molar-refractivity contribution < 1.29 is 14.3 Å². The first-order valence-corrected chi connectivity index (χ1v) is 8.56. The second-order valence-corrected chi connectivity index (χ2v) is 6.54. The van der Waals surface area contributed by atoms with Crippen molar-refractivity contribution in [2.45, 2.75) is 18.7 Å². The van der Waals surface area contributed by atoms with E-state index in [0.29, 0.717) is 17.0 Å². The maximum atomic E-state index is 12.5. The molecule has 0 saturated carbocycles. The molecule has 0 unspecified atom stereocenters. The van der Waals surface area contributed by atoms with E-state index in [1.807, 2.05) is 13.8 Å². The highest BCUT2D eigenvalue weighted by molar-refractivity contribution is 8.00. The highest BCUT2D eigenvalue weighted by Crippen LogP contribution is 2.25. The fourth-order valence-electron chi connectivity index (χ4n) is 2.28. The smallest absolute Gasteiger partial charge is 0.339 e. The molecule has 0 bridgehead atoms. The summed E-state index contributed by atoms with van der Waals surface area (Å²) in [7, 11) is 3.01. The summed E-state index contributed by atoms with van der Waals surface area (Å²) in [5.74, 6) is -0.222. The number of ether oxygens (including phenoxy) is 1. The van der Waals surface area contributed by atoms with Crippen molar-refractivity contribution in [2.24, 2.45) is 0 Å². The monoisotopic (exact) mass is 343 g/mol. The minimum Gasteiger partial charge on any atom is -0.465 e. The van der Waals surface area contributed by atoms with Gasteiger partial charge in [-0.15, -0.1) is 11.8 Å². The molecule has 0 spiro atoms. The second-order valence-electron chi connectivity index (χ2n) is 5.52. The molecule has 2 rings (SSSR count). The number of methoxy groups -OCH3 is 1. The second kappa shape index (κ2) is 8.02. The Morgan fingerprint density at radius 2 is 1.83 bits per heavy atom. The van der Waals surface area contributed by atoms with Crippen LogP contribution in [0.3, 0.4) is 0 Å². The van der Waals surface area contributed by atoms with E-state index in [1.54, 1.807) is 31.3 Å². The molecule has 0 saturated heterocycles. The quantitative estimate of drug-likeness (QED) is 0.611. The molecule has 0 aliphatic carbocycles. The largest absolute Gasteiger partial charge is 0.465 e. The van der Waals surface area contributed by atoms with Crippen LogP contribution in [-0.2, 0) is 9.53 Å². The normalized spacial score (nSPS) is 10.3. The molecule has 0 atom stereocenters. The topological polar surface area (TPSA) is 46.6 Å². The van der Waals surface area contributed by atoms with Gasteiger partial charge in [0, 0.05) is 11.9 Å². The molecule has 0 radical (unpaired) electrons. The third-order valence-corrected chi connectivity index (χ3v) is 4.88. The lowest BCUT2D eigenvalue weighted by Gasteiger charge is -2.20. The van der Waals surface area contributed by atoms with E-state index in [9.17, 15) is 9.59 Å². The summed E-state index contributed by atoms with van der Waals surface area (Å²) in [5.41, 5.74) is 3.25. The first-order chi connectivity index (χ1) is 11.4. The SMILES string of the molecule is COC(=O)c1ccccc1N(C)C(=O)CSc1cc(C)ccc1C. The highest BCUT2D eigenvalue weighted by Gasteiger charge is 2.19. The molecule has 126 valence electrons. The molecule has 4 nitrogen and oxygen atoms in total. The summed E-state index contributed by atoms with van der Waals surface area (Å²) >= 11 is 1.50. The van der Waals surface area contributed by atoms with Crippen molar-refractivity contribution >= 4 is 29.3 Å². The average molecular weight is 343 g/mol. The van der Waals surface area contributed by atoms with E-state index < -0.39 is 5.97 Å². The number of carbonyl (C=O) groups is 2. The molecule has 0 heterocycles. The molecule has 24 heavy (non-hydrogen) atoms. The predicted molar refractivity (Wildman–Crippen MR) is 97.8 cm³/mol. The van der Waals surface area contributed by atoms with Crippen molar-refractivity contribution in [3.63, 3.8) is 0 Å². The van der Waals surface area contributed by atoms with Gasteiger partial charge in [-0.2, -0.15) is 0 Å². The molecule has 0 aliphatic rings. The summed E-state index contributed by atoms with van der Waals surface area (Å²) < 4.78 is 4.78. The van der Waals surface area contributed by atoms with Crippen molar-refractivity contribution in [1.82, 2.24) is 0 Å². The fraction of sp³-hybridized carbons (Fsp3) is 0.263. The lowest BCUT2D eigenvalue weighted by Crippen LogP contribution is -2.29. The number of aryl methyl sites for hydroxylation is 2. The van der Waals surface area contributed by atoms with Gasteiger partial charge in [0.25, 0.3) is 0 Å². The van der Waals surface area contributed by atoms with Gasteiger partial charge in [-0.25, -0.2) is 4.79 Å². The predicted octanol–water partition coefficient (Wildman–Crippen LogP) is 3.85. The average Bonchev–Trinajstić information content (AvgIpc) is 2.60. The lowest BCUT2D eigenvalue weighted by atomic mass is 10.1. The molecule has 1 amide bonds. The molecular formula is C19H21NO3S. The van der Waals surface area contributed by atoms with Crippen molar-refractivity contribution in [3.05, 3.63) is 59.2 Å². The third kappa shape index (κ3) is 4.17. The van der Waals surface area contributed by atoms with Crippen LogP contribution in [0.5, 0.6) is 0 Å². The zero-order chi connectivity index (χ0) is 17.7. The van der Waals surface area contributed by atoms with Crippen LogP contribution in [0.15, 0.2) is 47.4 Å². The maximum Gasteiger partial charge on any atom is 0.339 e. The number of benzene rings is 2. The van der Waals surface area contributed by atoms with Crippen LogP contribution < -0.4 is 4.90 Å². The number of carbonyl (C=O) groups excluding carboxylic acids is 2. The Labute approximate surface area is 146 Å². The number of amides is 1.